The predicted octanol–water partition coefficient (Wildman–Crippen LogP) is 7.22. The van der Waals surface area contributed by atoms with E-state index in [1.54, 1.807) is 0 Å². The summed E-state index contributed by atoms with van der Waals surface area (Å²) in [6.45, 7) is 10.2. The van der Waals surface area contributed by atoms with Gasteiger partial charge in [0.1, 0.15) is 12.1 Å². The number of nitrogens with zero attached hydrogens (tertiary/aromatic N) is 2. The van der Waals surface area contributed by atoms with Gasteiger partial charge in [0.2, 0.25) is 0 Å². The Labute approximate surface area is 227 Å². The molecule has 6 nitrogen and oxygen atoms in total. The Balaban J connectivity index is 0.000000571. The van der Waals surface area contributed by atoms with Gasteiger partial charge >= 0.3 is 0 Å². The number of carbonyl (C=O) groups excluding carboxylic acids is 2. The van der Waals surface area contributed by atoms with Crippen molar-refractivity contribution in [3.05, 3.63) is 71.0 Å². The van der Waals surface area contributed by atoms with Gasteiger partial charge in [0, 0.05) is 54.4 Å². The van der Waals surface area contributed by atoms with Crippen LogP contribution in [0.3, 0.4) is 0 Å². The molecule has 0 spiro atoms. The highest BCUT2D eigenvalue weighted by molar-refractivity contribution is 5.99. The van der Waals surface area contributed by atoms with E-state index in [0.717, 1.165) is 46.8 Å². The zero-order valence-corrected chi connectivity index (χ0v) is 24.1. The quantitative estimate of drug-likeness (QED) is 0.281. The highest BCUT2D eigenvalue weighted by Gasteiger charge is 2.19. The molecule has 204 valence electrons. The number of aromatic nitrogens is 2. The standard InChI is InChI=1S/C25H26N4O.C3H8.C2H4O.C2H6/c1-26-24-13-17-8-7-16(11-19(17)15-27-24)14-28-25(30)18-9-10-23-21(12-18)20-5-3-4-6-22(20)29(23)2;1-3-2;1-2-3;1-2/h7-13,15H,3-6,14H2,1-2H3,(H,26,27)(H,28,30);3H2,1-2H3;2H,1H3;1-2H3. The van der Waals surface area contributed by atoms with Gasteiger partial charge < -0.3 is 20.0 Å². The second-order valence-electron chi connectivity index (χ2n) is 9.05. The lowest BCUT2D eigenvalue weighted by atomic mass is 9.95. The van der Waals surface area contributed by atoms with Crippen molar-refractivity contribution in [2.24, 2.45) is 7.05 Å². The lowest BCUT2D eigenvalue weighted by Crippen LogP contribution is -2.22. The number of pyridine rings is 1. The van der Waals surface area contributed by atoms with Crippen LogP contribution in [0.25, 0.3) is 21.7 Å². The number of aldehydes is 1. The molecule has 38 heavy (non-hydrogen) atoms. The Morgan fingerprint density at radius 1 is 1.03 bits per heavy atom. The van der Waals surface area contributed by atoms with Gasteiger partial charge in [-0.15, -0.1) is 0 Å². The fourth-order valence-electron chi connectivity index (χ4n) is 4.63. The number of rotatable bonds is 4. The number of hydrogen-bond donors (Lipinski definition) is 2. The van der Waals surface area contributed by atoms with Crippen molar-refractivity contribution < 1.29 is 9.59 Å². The Morgan fingerprint density at radius 3 is 2.39 bits per heavy atom. The van der Waals surface area contributed by atoms with Crippen LogP contribution in [-0.2, 0) is 31.2 Å². The third kappa shape index (κ3) is 7.44. The fraction of sp³-hybridized carbons (Fsp3) is 0.406. The van der Waals surface area contributed by atoms with E-state index in [2.05, 4.69) is 71.4 Å². The van der Waals surface area contributed by atoms with Gasteiger partial charge in [0.15, 0.2) is 0 Å². The van der Waals surface area contributed by atoms with Crippen molar-refractivity contribution in [3.63, 3.8) is 0 Å². The summed E-state index contributed by atoms with van der Waals surface area (Å²) < 4.78 is 2.30. The highest BCUT2D eigenvalue weighted by Crippen LogP contribution is 2.32. The van der Waals surface area contributed by atoms with E-state index in [1.807, 2.05) is 39.2 Å². The van der Waals surface area contributed by atoms with Crippen LogP contribution in [0.15, 0.2) is 48.7 Å². The van der Waals surface area contributed by atoms with E-state index < -0.39 is 0 Å². The van der Waals surface area contributed by atoms with Gasteiger partial charge in [-0.05, 0) is 79.5 Å². The first-order chi connectivity index (χ1) is 18.5. The van der Waals surface area contributed by atoms with E-state index in [-0.39, 0.29) is 5.91 Å². The van der Waals surface area contributed by atoms with Crippen LogP contribution in [0.2, 0.25) is 0 Å². The minimum atomic E-state index is -0.0333. The van der Waals surface area contributed by atoms with Crippen LogP contribution in [0.5, 0.6) is 0 Å². The lowest BCUT2D eigenvalue weighted by molar-refractivity contribution is -0.106. The summed E-state index contributed by atoms with van der Waals surface area (Å²) in [4.78, 5) is 26.0. The molecule has 1 aliphatic carbocycles. The number of fused-ring (bicyclic) bond motifs is 4. The molecule has 1 aliphatic rings. The second-order valence-corrected chi connectivity index (χ2v) is 9.05. The molecule has 0 saturated heterocycles. The molecule has 0 unspecified atom stereocenters. The van der Waals surface area contributed by atoms with Crippen LogP contribution in [0.4, 0.5) is 5.82 Å². The molecule has 2 aromatic carbocycles. The van der Waals surface area contributed by atoms with Crippen LogP contribution >= 0.6 is 0 Å². The van der Waals surface area contributed by atoms with Crippen molar-refractivity contribution in [2.45, 2.75) is 73.3 Å². The molecule has 0 radical (unpaired) electrons. The molecule has 0 saturated carbocycles. The third-order valence-corrected chi connectivity index (χ3v) is 6.28. The second kappa shape index (κ2) is 15.6. The highest BCUT2D eigenvalue weighted by atomic mass is 16.1. The molecule has 1 amide bonds. The first-order valence-corrected chi connectivity index (χ1v) is 13.8. The number of benzene rings is 2. The Kier molecular flexibility index (Phi) is 12.5. The molecule has 2 N–H and O–H groups in total. The van der Waals surface area contributed by atoms with E-state index in [1.165, 1.54) is 48.3 Å². The molecule has 2 aromatic heterocycles. The maximum atomic E-state index is 12.8. The number of nitrogens with one attached hydrogen (secondary N) is 2. The maximum absolute atomic E-state index is 12.8. The summed E-state index contributed by atoms with van der Waals surface area (Å²) in [5, 5.41) is 9.56. The average molecular weight is 517 g/mol. The Bertz CT molecular complexity index is 1340. The first kappa shape index (κ1) is 30.6. The van der Waals surface area contributed by atoms with Gasteiger partial charge in [-0.3, -0.25) is 4.79 Å². The first-order valence-electron chi connectivity index (χ1n) is 13.8. The zero-order chi connectivity index (χ0) is 28.1. The van der Waals surface area contributed by atoms with Gasteiger partial charge in [0.25, 0.3) is 5.91 Å². The van der Waals surface area contributed by atoms with Gasteiger partial charge in [-0.25, -0.2) is 4.98 Å². The normalized spacial score (nSPS) is 11.6. The molecule has 0 atom stereocenters. The summed E-state index contributed by atoms with van der Waals surface area (Å²) >= 11 is 0. The molecule has 2 heterocycles. The summed E-state index contributed by atoms with van der Waals surface area (Å²) in [7, 11) is 4.00. The van der Waals surface area contributed by atoms with Gasteiger partial charge in [0.05, 0.1) is 0 Å². The van der Waals surface area contributed by atoms with E-state index in [0.29, 0.717) is 6.54 Å². The van der Waals surface area contributed by atoms with E-state index >= 15 is 0 Å². The summed E-state index contributed by atoms with van der Waals surface area (Å²) in [5.41, 5.74) is 5.87. The molecule has 0 bridgehead atoms. The number of hydrogen-bond acceptors (Lipinski definition) is 4. The summed E-state index contributed by atoms with van der Waals surface area (Å²) in [5.74, 6) is 0.816. The van der Waals surface area contributed by atoms with Crippen molar-refractivity contribution >= 4 is 39.7 Å². The molecule has 0 fully saturated rings. The number of aryl methyl sites for hydroxylation is 2. The van der Waals surface area contributed by atoms with Crippen LogP contribution in [0, 0.1) is 0 Å². The largest absolute Gasteiger partial charge is 0.373 e. The molecular weight excluding hydrogens is 472 g/mol. The molecule has 4 aromatic rings. The Hall–Kier alpha value is -3.67. The minimum Gasteiger partial charge on any atom is -0.373 e. The van der Waals surface area contributed by atoms with E-state index in [4.69, 9.17) is 4.79 Å². The van der Waals surface area contributed by atoms with Gasteiger partial charge in [-0.2, -0.15) is 0 Å². The molecule has 6 heteroatoms. The summed E-state index contributed by atoms with van der Waals surface area (Å²) in [6.07, 6.45) is 8.59. The lowest BCUT2D eigenvalue weighted by Gasteiger charge is -2.13. The number of carbonyl (C=O) groups is 2. The monoisotopic (exact) mass is 516 g/mol. The van der Waals surface area contributed by atoms with Crippen LogP contribution < -0.4 is 10.6 Å². The smallest absolute Gasteiger partial charge is 0.251 e. The molecular formula is C32H44N4O2. The van der Waals surface area contributed by atoms with Gasteiger partial charge in [-0.1, -0.05) is 46.2 Å². The zero-order valence-electron chi connectivity index (χ0n) is 24.1. The van der Waals surface area contributed by atoms with Crippen molar-refractivity contribution in [2.75, 3.05) is 12.4 Å². The Morgan fingerprint density at radius 2 is 1.71 bits per heavy atom. The SMILES string of the molecule is CC.CC=O.CCC.CNc1cc2ccc(CNC(=O)c3ccc4c(c3)c3c(n4C)CCCC3)cc2cn1. The van der Waals surface area contributed by atoms with Crippen molar-refractivity contribution in [1.29, 1.82) is 0 Å². The maximum Gasteiger partial charge on any atom is 0.251 e. The minimum absolute atomic E-state index is 0.0333. The van der Waals surface area contributed by atoms with Crippen molar-refractivity contribution in [1.82, 2.24) is 14.9 Å². The molecule has 0 aliphatic heterocycles. The fourth-order valence-corrected chi connectivity index (χ4v) is 4.63. The summed E-state index contributed by atoms with van der Waals surface area (Å²) in [6, 6.07) is 14.3. The third-order valence-electron chi connectivity index (χ3n) is 6.28. The predicted molar refractivity (Wildman–Crippen MR) is 161 cm³/mol. The van der Waals surface area contributed by atoms with Crippen molar-refractivity contribution in [3.8, 4) is 0 Å². The number of amides is 1. The van der Waals surface area contributed by atoms with Crippen LogP contribution in [0.1, 0.15) is 81.1 Å². The van der Waals surface area contributed by atoms with Crippen LogP contribution in [-0.4, -0.2) is 28.8 Å². The molecule has 5 rings (SSSR count). The average Bonchev–Trinajstić information content (AvgIpc) is 3.24. The number of anilines is 1. The topological polar surface area (TPSA) is 76.0 Å². The van der Waals surface area contributed by atoms with E-state index in [9.17, 15) is 4.79 Å².